The smallest absolute Gasteiger partial charge is 0.353 e. The van der Waals surface area contributed by atoms with Crippen molar-refractivity contribution in [3.63, 3.8) is 0 Å². The number of ether oxygens (including phenoxy) is 1. The Morgan fingerprint density at radius 3 is 2.84 bits per heavy atom. The summed E-state index contributed by atoms with van der Waals surface area (Å²) in [6.45, 7) is 5.17. The van der Waals surface area contributed by atoms with Crippen molar-refractivity contribution in [3.05, 3.63) is 45.8 Å². The summed E-state index contributed by atoms with van der Waals surface area (Å²) in [5, 5.41) is 17.7. The van der Waals surface area contributed by atoms with Crippen LogP contribution in [0.1, 0.15) is 24.0 Å². The van der Waals surface area contributed by atoms with Gasteiger partial charge in [-0.1, -0.05) is 12.1 Å². The Balaban J connectivity index is 1.86. The van der Waals surface area contributed by atoms with Crippen molar-refractivity contribution < 1.29 is 9.66 Å². The fourth-order valence-corrected chi connectivity index (χ4v) is 2.80. The molecular weight excluding hydrogens is 322 g/mol. The van der Waals surface area contributed by atoms with Crippen molar-refractivity contribution in [2.24, 2.45) is 0 Å². The normalized spacial score (nSPS) is 16.6. The zero-order chi connectivity index (χ0) is 17.8. The first-order valence-corrected chi connectivity index (χ1v) is 8.24. The van der Waals surface area contributed by atoms with Gasteiger partial charge in [0.05, 0.1) is 11.0 Å². The van der Waals surface area contributed by atoms with E-state index >= 15 is 0 Å². The van der Waals surface area contributed by atoms with Gasteiger partial charge in [0.25, 0.3) is 0 Å². The predicted molar refractivity (Wildman–Crippen MR) is 95.3 cm³/mol. The van der Waals surface area contributed by atoms with Gasteiger partial charge in [-0.2, -0.15) is 0 Å². The van der Waals surface area contributed by atoms with Gasteiger partial charge in [-0.3, -0.25) is 10.1 Å². The third kappa shape index (κ3) is 3.85. The lowest BCUT2D eigenvalue weighted by Crippen LogP contribution is -2.20. The van der Waals surface area contributed by atoms with E-state index in [-0.39, 0.29) is 23.4 Å². The van der Waals surface area contributed by atoms with E-state index in [1.807, 2.05) is 32.0 Å². The molecule has 0 saturated carbocycles. The maximum absolute atomic E-state index is 11.6. The number of aromatic nitrogens is 2. The summed E-state index contributed by atoms with van der Waals surface area (Å²) in [5.74, 6) is 0.367. The van der Waals surface area contributed by atoms with Crippen LogP contribution in [0.3, 0.4) is 0 Å². The highest BCUT2D eigenvalue weighted by Gasteiger charge is 2.25. The lowest BCUT2D eigenvalue weighted by Gasteiger charge is -2.14. The number of hydrogen-bond donors (Lipinski definition) is 2. The second kappa shape index (κ2) is 7.43. The number of anilines is 3. The average molecular weight is 343 g/mol. The summed E-state index contributed by atoms with van der Waals surface area (Å²) in [5.41, 5.74) is 2.73. The summed E-state index contributed by atoms with van der Waals surface area (Å²) >= 11 is 0. The first-order valence-electron chi connectivity index (χ1n) is 8.24. The molecule has 1 aliphatic rings. The zero-order valence-corrected chi connectivity index (χ0v) is 14.3. The van der Waals surface area contributed by atoms with E-state index in [1.165, 1.54) is 6.33 Å². The van der Waals surface area contributed by atoms with Crippen LogP contribution in [-0.2, 0) is 4.74 Å². The first-order chi connectivity index (χ1) is 12.1. The molecule has 0 bridgehead atoms. The highest BCUT2D eigenvalue weighted by atomic mass is 16.6. The van der Waals surface area contributed by atoms with Crippen LogP contribution >= 0.6 is 0 Å². The largest absolute Gasteiger partial charge is 0.376 e. The molecule has 1 saturated heterocycles. The maximum Gasteiger partial charge on any atom is 0.353 e. The minimum absolute atomic E-state index is 0.0602. The van der Waals surface area contributed by atoms with Gasteiger partial charge >= 0.3 is 5.69 Å². The van der Waals surface area contributed by atoms with Crippen molar-refractivity contribution in [1.82, 2.24) is 9.97 Å². The standard InChI is InChI=1S/C17H21N5O3/c1-11-5-3-7-14(12(11)2)21-17-15(22(23)24)16(19-10-20-17)18-9-13-6-4-8-25-13/h3,5,7,10,13H,4,6,8-9H2,1-2H3,(H2,18,19,20,21). The Morgan fingerprint density at radius 1 is 1.32 bits per heavy atom. The minimum atomic E-state index is -0.467. The number of nitro groups is 1. The molecule has 8 nitrogen and oxygen atoms in total. The van der Waals surface area contributed by atoms with Crippen LogP contribution in [0.2, 0.25) is 0 Å². The lowest BCUT2D eigenvalue weighted by atomic mass is 10.1. The summed E-state index contributed by atoms with van der Waals surface area (Å²) in [6.07, 6.45) is 3.33. The van der Waals surface area contributed by atoms with Gasteiger partial charge in [0.15, 0.2) is 0 Å². The third-order valence-corrected chi connectivity index (χ3v) is 4.38. The Morgan fingerprint density at radius 2 is 2.12 bits per heavy atom. The number of nitrogens with one attached hydrogen (secondary N) is 2. The fourth-order valence-electron chi connectivity index (χ4n) is 2.80. The molecule has 2 N–H and O–H groups in total. The first kappa shape index (κ1) is 17.1. The highest BCUT2D eigenvalue weighted by Crippen LogP contribution is 2.32. The molecule has 1 unspecified atom stereocenters. The molecule has 1 atom stereocenters. The number of nitrogens with zero attached hydrogens (tertiary/aromatic N) is 3. The van der Waals surface area contributed by atoms with Crippen molar-refractivity contribution in [2.75, 3.05) is 23.8 Å². The van der Waals surface area contributed by atoms with Crippen LogP contribution in [0.4, 0.5) is 23.0 Å². The minimum Gasteiger partial charge on any atom is -0.376 e. The van der Waals surface area contributed by atoms with Gasteiger partial charge in [0, 0.05) is 18.8 Å². The molecule has 1 fully saturated rings. The van der Waals surface area contributed by atoms with E-state index in [2.05, 4.69) is 20.6 Å². The van der Waals surface area contributed by atoms with Crippen LogP contribution in [-0.4, -0.2) is 34.1 Å². The molecule has 0 amide bonds. The monoisotopic (exact) mass is 343 g/mol. The van der Waals surface area contributed by atoms with Gasteiger partial charge in [-0.25, -0.2) is 9.97 Å². The van der Waals surface area contributed by atoms with E-state index in [9.17, 15) is 10.1 Å². The average Bonchev–Trinajstić information content (AvgIpc) is 3.10. The highest BCUT2D eigenvalue weighted by molar-refractivity contribution is 5.75. The number of hydrogen-bond acceptors (Lipinski definition) is 7. The Kier molecular flexibility index (Phi) is 5.08. The molecule has 0 spiro atoms. The number of benzene rings is 1. The Hall–Kier alpha value is -2.74. The lowest BCUT2D eigenvalue weighted by molar-refractivity contribution is -0.383. The van der Waals surface area contributed by atoms with E-state index in [4.69, 9.17) is 4.74 Å². The molecule has 1 aromatic heterocycles. The summed E-state index contributed by atoms with van der Waals surface area (Å²) in [7, 11) is 0. The van der Waals surface area contributed by atoms with Crippen LogP contribution in [0, 0.1) is 24.0 Å². The molecule has 25 heavy (non-hydrogen) atoms. The molecule has 2 aromatic rings. The number of rotatable bonds is 6. The fraction of sp³-hybridized carbons (Fsp3) is 0.412. The van der Waals surface area contributed by atoms with Crippen LogP contribution in [0.25, 0.3) is 0 Å². The molecular formula is C17H21N5O3. The van der Waals surface area contributed by atoms with Crippen LogP contribution in [0.15, 0.2) is 24.5 Å². The SMILES string of the molecule is Cc1cccc(Nc2ncnc(NCC3CCCO3)c2[N+](=O)[O-])c1C. The molecule has 0 aliphatic carbocycles. The number of aryl methyl sites for hydroxylation is 1. The quantitative estimate of drug-likeness (QED) is 0.612. The third-order valence-electron chi connectivity index (χ3n) is 4.38. The van der Waals surface area contributed by atoms with Crippen molar-refractivity contribution in [3.8, 4) is 0 Å². The van der Waals surface area contributed by atoms with E-state index in [1.54, 1.807) is 0 Å². The van der Waals surface area contributed by atoms with Crippen LogP contribution < -0.4 is 10.6 Å². The molecule has 3 rings (SSSR count). The maximum atomic E-state index is 11.6. The van der Waals surface area contributed by atoms with E-state index in [0.29, 0.717) is 6.54 Å². The molecule has 1 aliphatic heterocycles. The summed E-state index contributed by atoms with van der Waals surface area (Å²) < 4.78 is 5.54. The van der Waals surface area contributed by atoms with Crippen molar-refractivity contribution in [1.29, 1.82) is 0 Å². The van der Waals surface area contributed by atoms with Crippen LogP contribution in [0.5, 0.6) is 0 Å². The molecule has 2 heterocycles. The van der Waals surface area contributed by atoms with Crippen molar-refractivity contribution in [2.45, 2.75) is 32.8 Å². The Labute approximate surface area is 145 Å². The van der Waals surface area contributed by atoms with Gasteiger partial charge < -0.3 is 15.4 Å². The zero-order valence-electron chi connectivity index (χ0n) is 14.3. The van der Waals surface area contributed by atoms with Gasteiger partial charge in [-0.15, -0.1) is 0 Å². The van der Waals surface area contributed by atoms with Crippen molar-refractivity contribution >= 4 is 23.0 Å². The second-order valence-electron chi connectivity index (χ2n) is 6.06. The molecule has 0 radical (unpaired) electrons. The summed E-state index contributed by atoms with van der Waals surface area (Å²) in [4.78, 5) is 19.2. The molecule has 1 aromatic carbocycles. The second-order valence-corrected chi connectivity index (χ2v) is 6.06. The van der Waals surface area contributed by atoms with E-state index < -0.39 is 4.92 Å². The summed E-state index contributed by atoms with van der Waals surface area (Å²) in [6, 6.07) is 5.76. The van der Waals surface area contributed by atoms with Gasteiger partial charge in [-0.05, 0) is 43.9 Å². The van der Waals surface area contributed by atoms with E-state index in [0.717, 1.165) is 36.3 Å². The Bertz CT molecular complexity index is 775. The van der Waals surface area contributed by atoms with Gasteiger partial charge in [0.1, 0.15) is 6.33 Å². The van der Waals surface area contributed by atoms with Gasteiger partial charge in [0.2, 0.25) is 11.6 Å². The molecule has 132 valence electrons. The molecule has 8 heteroatoms. The predicted octanol–water partition coefficient (Wildman–Crippen LogP) is 3.34. The topological polar surface area (TPSA) is 102 Å².